The average molecular weight is 294 g/mol. The van der Waals surface area contributed by atoms with Gasteiger partial charge in [0, 0.05) is 31.6 Å². The number of nitrogens with one attached hydrogen (secondary N) is 1. The van der Waals surface area contributed by atoms with E-state index in [2.05, 4.69) is 49.2 Å². The monoisotopic (exact) mass is 294 g/mol. The summed E-state index contributed by atoms with van der Waals surface area (Å²) in [7, 11) is 0. The number of piperazine rings is 1. The molecule has 4 rings (SSSR count). The molecule has 0 aliphatic carbocycles. The van der Waals surface area contributed by atoms with Crippen LogP contribution in [0.4, 0.5) is 5.82 Å². The summed E-state index contributed by atoms with van der Waals surface area (Å²) in [6, 6.07) is 12.5. The minimum absolute atomic E-state index is 0.832. The summed E-state index contributed by atoms with van der Waals surface area (Å²) < 4.78 is 0. The predicted octanol–water partition coefficient (Wildman–Crippen LogP) is 1.68. The van der Waals surface area contributed by atoms with Gasteiger partial charge in [0.1, 0.15) is 18.0 Å². The van der Waals surface area contributed by atoms with Crippen LogP contribution in [0.2, 0.25) is 0 Å². The zero-order valence-electron chi connectivity index (χ0n) is 12.3. The second-order valence-electron chi connectivity index (χ2n) is 5.56. The molecule has 0 amide bonds. The van der Waals surface area contributed by atoms with Gasteiger partial charge < -0.3 is 4.90 Å². The van der Waals surface area contributed by atoms with E-state index in [1.165, 1.54) is 5.39 Å². The normalized spacial score (nSPS) is 16.3. The van der Waals surface area contributed by atoms with Crippen LogP contribution in [-0.2, 0) is 6.54 Å². The standard InChI is InChI=1S/C16H18N6/c1-2-4-14-13(3-1)5-6-16(19-14)22-9-7-21(8-10-22)11-15-17-12-18-20-15/h1-6,12H,7-11H2,(H,17,18,20). The SMILES string of the molecule is c1ccc2nc(N3CCN(Cc4ncn[nH]4)CC3)ccc2c1. The van der Waals surface area contributed by atoms with Gasteiger partial charge in [-0.25, -0.2) is 9.97 Å². The molecule has 1 N–H and O–H groups in total. The maximum atomic E-state index is 4.78. The third-order valence-corrected chi connectivity index (χ3v) is 4.12. The number of fused-ring (bicyclic) bond motifs is 1. The van der Waals surface area contributed by atoms with Crippen LogP contribution in [0.1, 0.15) is 5.82 Å². The second-order valence-corrected chi connectivity index (χ2v) is 5.56. The van der Waals surface area contributed by atoms with Crippen LogP contribution >= 0.6 is 0 Å². The predicted molar refractivity (Wildman–Crippen MR) is 85.6 cm³/mol. The van der Waals surface area contributed by atoms with Crippen molar-refractivity contribution >= 4 is 16.7 Å². The molecule has 112 valence electrons. The average Bonchev–Trinajstić information content (AvgIpc) is 3.08. The molecular formula is C16H18N6. The molecule has 1 aliphatic rings. The molecule has 0 saturated carbocycles. The zero-order chi connectivity index (χ0) is 14.8. The molecule has 1 saturated heterocycles. The summed E-state index contributed by atoms with van der Waals surface area (Å²) in [5.41, 5.74) is 1.06. The van der Waals surface area contributed by atoms with Crippen molar-refractivity contribution in [3.05, 3.63) is 48.5 Å². The van der Waals surface area contributed by atoms with E-state index >= 15 is 0 Å². The molecule has 1 fully saturated rings. The first-order chi connectivity index (χ1) is 10.9. The Morgan fingerprint density at radius 3 is 2.68 bits per heavy atom. The Kier molecular flexibility index (Phi) is 3.44. The number of rotatable bonds is 3. The van der Waals surface area contributed by atoms with Crippen molar-refractivity contribution < 1.29 is 0 Å². The van der Waals surface area contributed by atoms with Crippen molar-refractivity contribution in [3.63, 3.8) is 0 Å². The van der Waals surface area contributed by atoms with Gasteiger partial charge in [-0.15, -0.1) is 0 Å². The fraction of sp³-hybridized carbons (Fsp3) is 0.312. The third kappa shape index (κ3) is 2.65. The molecule has 1 aromatic carbocycles. The first-order valence-electron chi connectivity index (χ1n) is 7.56. The Morgan fingerprint density at radius 1 is 1.00 bits per heavy atom. The fourth-order valence-corrected chi connectivity index (χ4v) is 2.89. The number of H-pyrrole nitrogens is 1. The maximum Gasteiger partial charge on any atom is 0.138 e. The minimum atomic E-state index is 0.832. The summed E-state index contributed by atoms with van der Waals surface area (Å²) in [4.78, 5) is 13.7. The Bertz CT molecular complexity index is 746. The summed E-state index contributed by atoms with van der Waals surface area (Å²) in [5.74, 6) is 2.00. The molecule has 0 bridgehead atoms. The number of benzene rings is 1. The molecular weight excluding hydrogens is 276 g/mol. The van der Waals surface area contributed by atoms with Crippen molar-refractivity contribution in [2.45, 2.75) is 6.54 Å². The van der Waals surface area contributed by atoms with Crippen LogP contribution in [0.5, 0.6) is 0 Å². The van der Waals surface area contributed by atoms with Crippen molar-refractivity contribution in [2.75, 3.05) is 31.1 Å². The number of nitrogens with zero attached hydrogens (tertiary/aromatic N) is 5. The van der Waals surface area contributed by atoms with E-state index in [4.69, 9.17) is 4.98 Å². The van der Waals surface area contributed by atoms with Crippen molar-refractivity contribution in [3.8, 4) is 0 Å². The van der Waals surface area contributed by atoms with E-state index in [9.17, 15) is 0 Å². The quantitative estimate of drug-likeness (QED) is 0.796. The van der Waals surface area contributed by atoms with Crippen LogP contribution in [0.25, 0.3) is 10.9 Å². The molecule has 3 aromatic rings. The van der Waals surface area contributed by atoms with E-state index in [-0.39, 0.29) is 0 Å². The van der Waals surface area contributed by atoms with Gasteiger partial charge in [-0.3, -0.25) is 10.00 Å². The van der Waals surface area contributed by atoms with E-state index in [1.807, 2.05) is 12.1 Å². The highest BCUT2D eigenvalue weighted by Crippen LogP contribution is 2.19. The number of para-hydroxylation sites is 1. The first-order valence-corrected chi connectivity index (χ1v) is 7.56. The smallest absolute Gasteiger partial charge is 0.138 e. The van der Waals surface area contributed by atoms with E-state index in [1.54, 1.807) is 6.33 Å². The molecule has 0 atom stereocenters. The first kappa shape index (κ1) is 13.2. The van der Waals surface area contributed by atoms with Gasteiger partial charge in [-0.2, -0.15) is 5.10 Å². The summed E-state index contributed by atoms with van der Waals surface area (Å²) >= 11 is 0. The largest absolute Gasteiger partial charge is 0.354 e. The topological polar surface area (TPSA) is 60.9 Å². The maximum absolute atomic E-state index is 4.78. The number of aromatic amines is 1. The Balaban J connectivity index is 1.43. The van der Waals surface area contributed by atoms with Crippen LogP contribution in [0.3, 0.4) is 0 Å². The molecule has 6 heteroatoms. The van der Waals surface area contributed by atoms with Crippen LogP contribution in [0, 0.1) is 0 Å². The highest BCUT2D eigenvalue weighted by Gasteiger charge is 2.18. The van der Waals surface area contributed by atoms with Crippen LogP contribution in [-0.4, -0.2) is 51.2 Å². The molecule has 0 unspecified atom stereocenters. The highest BCUT2D eigenvalue weighted by molar-refractivity contribution is 5.80. The zero-order valence-corrected chi connectivity index (χ0v) is 12.3. The van der Waals surface area contributed by atoms with Crippen molar-refractivity contribution in [2.24, 2.45) is 0 Å². The van der Waals surface area contributed by atoms with Gasteiger partial charge in [0.15, 0.2) is 0 Å². The molecule has 1 aliphatic heterocycles. The van der Waals surface area contributed by atoms with Gasteiger partial charge in [0.25, 0.3) is 0 Å². The molecule has 0 radical (unpaired) electrons. The lowest BCUT2D eigenvalue weighted by molar-refractivity contribution is 0.244. The Morgan fingerprint density at radius 2 is 1.86 bits per heavy atom. The Hall–Kier alpha value is -2.47. The summed E-state index contributed by atoms with van der Waals surface area (Å²) in [6.07, 6.45) is 1.56. The van der Waals surface area contributed by atoms with Gasteiger partial charge in [0.05, 0.1) is 12.1 Å². The van der Waals surface area contributed by atoms with Gasteiger partial charge in [0.2, 0.25) is 0 Å². The van der Waals surface area contributed by atoms with E-state index in [0.29, 0.717) is 0 Å². The number of pyridine rings is 1. The number of hydrogen-bond donors (Lipinski definition) is 1. The fourth-order valence-electron chi connectivity index (χ4n) is 2.89. The highest BCUT2D eigenvalue weighted by atomic mass is 15.3. The molecule has 0 spiro atoms. The van der Waals surface area contributed by atoms with Gasteiger partial charge in [-0.1, -0.05) is 18.2 Å². The van der Waals surface area contributed by atoms with E-state index in [0.717, 1.165) is 49.9 Å². The molecule has 3 heterocycles. The van der Waals surface area contributed by atoms with Crippen LogP contribution in [0.15, 0.2) is 42.7 Å². The Labute approximate surface area is 128 Å². The van der Waals surface area contributed by atoms with Gasteiger partial charge in [-0.05, 0) is 18.2 Å². The summed E-state index contributed by atoms with van der Waals surface area (Å²) in [6.45, 7) is 4.82. The van der Waals surface area contributed by atoms with E-state index < -0.39 is 0 Å². The number of aromatic nitrogens is 4. The third-order valence-electron chi connectivity index (χ3n) is 4.12. The van der Waals surface area contributed by atoms with Crippen molar-refractivity contribution in [1.29, 1.82) is 0 Å². The summed E-state index contributed by atoms with van der Waals surface area (Å²) in [5, 5.41) is 8.00. The lowest BCUT2D eigenvalue weighted by Crippen LogP contribution is -2.46. The number of hydrogen-bond acceptors (Lipinski definition) is 5. The van der Waals surface area contributed by atoms with Gasteiger partial charge >= 0.3 is 0 Å². The van der Waals surface area contributed by atoms with Crippen molar-refractivity contribution in [1.82, 2.24) is 25.1 Å². The molecule has 22 heavy (non-hydrogen) atoms. The molecule has 6 nitrogen and oxygen atoms in total. The molecule has 2 aromatic heterocycles. The minimum Gasteiger partial charge on any atom is -0.354 e. The number of anilines is 1. The lowest BCUT2D eigenvalue weighted by atomic mass is 10.2. The lowest BCUT2D eigenvalue weighted by Gasteiger charge is -2.35. The second kappa shape index (κ2) is 5.73. The van der Waals surface area contributed by atoms with Crippen LogP contribution < -0.4 is 4.90 Å².